The maximum absolute atomic E-state index is 13.0. The summed E-state index contributed by atoms with van der Waals surface area (Å²) in [6.07, 6.45) is 5.04. The summed E-state index contributed by atoms with van der Waals surface area (Å²) in [5.74, 6) is 1.38. The Morgan fingerprint density at radius 3 is 2.43 bits per heavy atom. The predicted molar refractivity (Wildman–Crippen MR) is 80.1 cm³/mol. The summed E-state index contributed by atoms with van der Waals surface area (Å²) in [5, 5.41) is 3.26. The van der Waals surface area contributed by atoms with Crippen molar-refractivity contribution in [3.05, 3.63) is 35.6 Å². The second-order valence-electron chi connectivity index (χ2n) is 6.42. The number of nitrogens with zero attached hydrogens (tertiary/aromatic N) is 1. The van der Waals surface area contributed by atoms with Crippen LogP contribution in [0.4, 0.5) is 4.39 Å². The van der Waals surface area contributed by atoms with Gasteiger partial charge in [0.2, 0.25) is 5.91 Å². The summed E-state index contributed by atoms with van der Waals surface area (Å²) >= 11 is 0. The number of amides is 1. The normalized spacial score (nSPS) is 17.8. The highest BCUT2D eigenvalue weighted by molar-refractivity contribution is 5.78. The van der Waals surface area contributed by atoms with E-state index in [1.807, 2.05) is 4.90 Å². The summed E-state index contributed by atoms with van der Waals surface area (Å²) in [6, 6.07) is 6.45. The van der Waals surface area contributed by atoms with Gasteiger partial charge >= 0.3 is 0 Å². The van der Waals surface area contributed by atoms with Crippen LogP contribution in [0, 0.1) is 17.7 Å². The lowest BCUT2D eigenvalue weighted by atomic mass is 10.2. The molecular weight excluding hydrogens is 267 g/mol. The summed E-state index contributed by atoms with van der Waals surface area (Å²) < 4.78 is 13.0. The lowest BCUT2D eigenvalue weighted by molar-refractivity contribution is -0.131. The van der Waals surface area contributed by atoms with Gasteiger partial charge in [0, 0.05) is 13.1 Å². The van der Waals surface area contributed by atoms with Gasteiger partial charge in [-0.2, -0.15) is 0 Å². The quantitative estimate of drug-likeness (QED) is 0.798. The van der Waals surface area contributed by atoms with Crippen LogP contribution in [0.3, 0.4) is 0 Å². The van der Waals surface area contributed by atoms with E-state index in [0.29, 0.717) is 19.0 Å². The Bertz CT molecular complexity index is 480. The molecule has 0 aliphatic heterocycles. The van der Waals surface area contributed by atoms with Crippen molar-refractivity contribution in [1.82, 2.24) is 10.2 Å². The van der Waals surface area contributed by atoms with Gasteiger partial charge in [0.25, 0.3) is 0 Å². The van der Waals surface area contributed by atoms with Crippen LogP contribution in [0.15, 0.2) is 24.3 Å². The topological polar surface area (TPSA) is 32.3 Å². The average Bonchev–Trinajstić information content (AvgIpc) is 3.34. The van der Waals surface area contributed by atoms with E-state index < -0.39 is 0 Å². The van der Waals surface area contributed by atoms with E-state index in [1.54, 1.807) is 12.1 Å². The standard InChI is InChI=1S/C17H23FN2O/c18-16-7-5-15(6-8-16)12-20(11-14-3-4-14)17(21)10-19-9-13-1-2-13/h5-8,13-14,19H,1-4,9-12H2. The van der Waals surface area contributed by atoms with Gasteiger partial charge in [-0.15, -0.1) is 0 Å². The molecular formula is C17H23FN2O. The second kappa shape index (κ2) is 6.56. The predicted octanol–water partition coefficient (Wildman–Crippen LogP) is 2.56. The van der Waals surface area contributed by atoms with Gasteiger partial charge in [0.05, 0.1) is 6.54 Å². The fourth-order valence-electron chi connectivity index (χ4n) is 2.49. The zero-order valence-corrected chi connectivity index (χ0v) is 12.4. The third-order valence-corrected chi connectivity index (χ3v) is 4.22. The molecule has 4 heteroatoms. The molecule has 1 aromatic rings. The summed E-state index contributed by atoms with van der Waals surface area (Å²) in [7, 11) is 0. The smallest absolute Gasteiger partial charge is 0.236 e. The molecule has 0 saturated heterocycles. The van der Waals surface area contributed by atoms with Crippen molar-refractivity contribution in [2.75, 3.05) is 19.6 Å². The van der Waals surface area contributed by atoms with Crippen LogP contribution in [0.25, 0.3) is 0 Å². The number of hydrogen-bond donors (Lipinski definition) is 1. The van der Waals surface area contributed by atoms with E-state index >= 15 is 0 Å². The van der Waals surface area contributed by atoms with Crippen LogP contribution in [-0.4, -0.2) is 30.4 Å². The molecule has 3 nitrogen and oxygen atoms in total. The van der Waals surface area contributed by atoms with Crippen LogP contribution in [0.1, 0.15) is 31.2 Å². The van der Waals surface area contributed by atoms with Crippen molar-refractivity contribution in [3.63, 3.8) is 0 Å². The Labute approximate surface area is 125 Å². The molecule has 0 aromatic heterocycles. The average molecular weight is 290 g/mol. The molecule has 0 spiro atoms. The van der Waals surface area contributed by atoms with Crippen molar-refractivity contribution < 1.29 is 9.18 Å². The molecule has 0 bridgehead atoms. The minimum atomic E-state index is -0.232. The maximum atomic E-state index is 13.0. The number of halogens is 1. The number of carbonyl (C=O) groups excluding carboxylic acids is 1. The molecule has 114 valence electrons. The number of hydrogen-bond acceptors (Lipinski definition) is 2. The third-order valence-electron chi connectivity index (χ3n) is 4.22. The molecule has 0 atom stereocenters. The number of rotatable bonds is 8. The Balaban J connectivity index is 1.53. The van der Waals surface area contributed by atoms with Crippen molar-refractivity contribution in [2.24, 2.45) is 11.8 Å². The van der Waals surface area contributed by atoms with Gasteiger partial charge < -0.3 is 10.2 Å². The number of nitrogens with one attached hydrogen (secondary N) is 1. The van der Waals surface area contributed by atoms with Gasteiger partial charge in [-0.25, -0.2) is 4.39 Å². The van der Waals surface area contributed by atoms with Crippen LogP contribution in [0.2, 0.25) is 0 Å². The van der Waals surface area contributed by atoms with Crippen LogP contribution >= 0.6 is 0 Å². The van der Waals surface area contributed by atoms with Crippen LogP contribution < -0.4 is 5.32 Å². The third kappa shape index (κ3) is 4.81. The zero-order valence-electron chi connectivity index (χ0n) is 12.4. The minimum Gasteiger partial charge on any atom is -0.337 e. The summed E-state index contributed by atoms with van der Waals surface area (Å²) in [5.41, 5.74) is 0.993. The van der Waals surface area contributed by atoms with E-state index in [9.17, 15) is 9.18 Å². The number of benzene rings is 1. The molecule has 3 rings (SSSR count). The molecule has 1 N–H and O–H groups in total. The Morgan fingerprint density at radius 2 is 1.81 bits per heavy atom. The largest absolute Gasteiger partial charge is 0.337 e. The molecule has 2 saturated carbocycles. The molecule has 0 unspecified atom stereocenters. The van der Waals surface area contributed by atoms with Crippen LogP contribution in [0.5, 0.6) is 0 Å². The second-order valence-corrected chi connectivity index (χ2v) is 6.42. The van der Waals surface area contributed by atoms with Gasteiger partial charge in [-0.3, -0.25) is 4.79 Å². The van der Waals surface area contributed by atoms with E-state index in [0.717, 1.165) is 24.6 Å². The van der Waals surface area contributed by atoms with E-state index in [-0.39, 0.29) is 11.7 Å². The number of carbonyl (C=O) groups is 1. The van der Waals surface area contributed by atoms with E-state index in [1.165, 1.54) is 37.8 Å². The fraction of sp³-hybridized carbons (Fsp3) is 0.588. The molecule has 2 fully saturated rings. The molecule has 1 amide bonds. The minimum absolute atomic E-state index is 0.159. The monoisotopic (exact) mass is 290 g/mol. The fourth-order valence-corrected chi connectivity index (χ4v) is 2.49. The highest BCUT2D eigenvalue weighted by Crippen LogP contribution is 2.30. The highest BCUT2D eigenvalue weighted by Gasteiger charge is 2.27. The van der Waals surface area contributed by atoms with Crippen molar-refractivity contribution in [3.8, 4) is 0 Å². The van der Waals surface area contributed by atoms with Crippen molar-refractivity contribution in [2.45, 2.75) is 32.2 Å². The molecule has 0 radical (unpaired) electrons. The zero-order chi connectivity index (χ0) is 14.7. The maximum Gasteiger partial charge on any atom is 0.236 e. The van der Waals surface area contributed by atoms with Gasteiger partial charge in [-0.1, -0.05) is 12.1 Å². The molecule has 2 aliphatic carbocycles. The highest BCUT2D eigenvalue weighted by atomic mass is 19.1. The van der Waals surface area contributed by atoms with Crippen LogP contribution in [-0.2, 0) is 11.3 Å². The Morgan fingerprint density at radius 1 is 1.14 bits per heavy atom. The lowest BCUT2D eigenvalue weighted by Gasteiger charge is -2.23. The summed E-state index contributed by atoms with van der Waals surface area (Å²) in [6.45, 7) is 2.80. The van der Waals surface area contributed by atoms with E-state index in [2.05, 4.69) is 5.32 Å². The first-order chi connectivity index (χ1) is 10.2. The van der Waals surface area contributed by atoms with Gasteiger partial charge in [-0.05, 0) is 61.8 Å². The first kappa shape index (κ1) is 14.5. The van der Waals surface area contributed by atoms with E-state index in [4.69, 9.17) is 0 Å². The molecule has 21 heavy (non-hydrogen) atoms. The molecule has 2 aliphatic rings. The molecule has 1 aromatic carbocycles. The summed E-state index contributed by atoms with van der Waals surface area (Å²) in [4.78, 5) is 14.3. The van der Waals surface area contributed by atoms with Crippen molar-refractivity contribution in [1.29, 1.82) is 0 Å². The Hall–Kier alpha value is -1.42. The molecule has 0 heterocycles. The SMILES string of the molecule is O=C(CNCC1CC1)N(Cc1ccc(F)cc1)CC1CC1. The van der Waals surface area contributed by atoms with Crippen molar-refractivity contribution >= 4 is 5.91 Å². The first-order valence-electron chi connectivity index (χ1n) is 7.93. The Kier molecular flexibility index (Phi) is 4.54. The lowest BCUT2D eigenvalue weighted by Crippen LogP contribution is -2.39. The van der Waals surface area contributed by atoms with Gasteiger partial charge in [0.15, 0.2) is 0 Å². The van der Waals surface area contributed by atoms with Gasteiger partial charge in [0.1, 0.15) is 5.82 Å². The first-order valence-corrected chi connectivity index (χ1v) is 7.93.